The largest absolute Gasteiger partial charge is 0.384 e. The molecule has 2 N–H and O–H groups in total. The van der Waals surface area contributed by atoms with Gasteiger partial charge in [0.25, 0.3) is 5.91 Å². The van der Waals surface area contributed by atoms with Crippen molar-refractivity contribution in [2.45, 2.75) is 26.2 Å². The Kier molecular flexibility index (Phi) is 5.35. The maximum Gasteiger partial charge on any atom is 0.252 e. The third-order valence-corrected chi connectivity index (χ3v) is 4.09. The fourth-order valence-corrected chi connectivity index (χ4v) is 2.79. The number of hydrogen-bond acceptors (Lipinski definition) is 2. The standard InChI is InChI=1S/C17H20FNO2/c1-12-4-2-5-14(12)11-19-17(21)16-10-15(18)8-7-13(16)6-3-9-20/h7-8,10,12,14,20H,2,4-5,9,11H2,1H3,(H,19,21). The number of rotatable bonds is 3. The molecule has 0 spiro atoms. The predicted octanol–water partition coefficient (Wildman–Crippen LogP) is 2.34. The Labute approximate surface area is 124 Å². The molecule has 1 aromatic rings. The molecule has 0 aromatic heterocycles. The van der Waals surface area contributed by atoms with Crippen LogP contribution < -0.4 is 5.32 Å². The van der Waals surface area contributed by atoms with Gasteiger partial charge in [0, 0.05) is 12.1 Å². The van der Waals surface area contributed by atoms with E-state index in [4.69, 9.17) is 5.11 Å². The fraction of sp³-hybridized carbons (Fsp3) is 0.471. The lowest BCUT2D eigenvalue weighted by atomic mass is 9.98. The van der Waals surface area contributed by atoms with E-state index < -0.39 is 5.82 Å². The smallest absolute Gasteiger partial charge is 0.252 e. The maximum atomic E-state index is 13.4. The zero-order valence-corrected chi connectivity index (χ0v) is 12.2. The van der Waals surface area contributed by atoms with Crippen LogP contribution in [0, 0.1) is 29.5 Å². The van der Waals surface area contributed by atoms with Gasteiger partial charge in [-0.05, 0) is 36.5 Å². The van der Waals surface area contributed by atoms with Crippen LogP contribution in [0.1, 0.15) is 42.1 Å². The minimum atomic E-state index is -0.469. The Morgan fingerprint density at radius 1 is 1.48 bits per heavy atom. The minimum absolute atomic E-state index is 0.224. The highest BCUT2D eigenvalue weighted by molar-refractivity contribution is 5.96. The number of aliphatic hydroxyl groups is 1. The van der Waals surface area contributed by atoms with Crippen LogP contribution in [0.25, 0.3) is 0 Å². The van der Waals surface area contributed by atoms with Crippen molar-refractivity contribution in [2.75, 3.05) is 13.2 Å². The molecular weight excluding hydrogens is 269 g/mol. The van der Waals surface area contributed by atoms with Crippen molar-refractivity contribution in [1.29, 1.82) is 0 Å². The van der Waals surface area contributed by atoms with E-state index in [1.807, 2.05) is 0 Å². The van der Waals surface area contributed by atoms with E-state index in [0.29, 0.717) is 23.9 Å². The molecule has 0 aliphatic heterocycles. The summed E-state index contributed by atoms with van der Waals surface area (Å²) in [6.45, 7) is 2.52. The van der Waals surface area contributed by atoms with Crippen molar-refractivity contribution in [3.63, 3.8) is 0 Å². The van der Waals surface area contributed by atoms with Crippen LogP contribution in [-0.2, 0) is 0 Å². The summed E-state index contributed by atoms with van der Waals surface area (Å²) in [4.78, 5) is 12.2. The first-order valence-electron chi connectivity index (χ1n) is 7.29. The molecule has 1 fully saturated rings. The number of amides is 1. The first kappa shape index (κ1) is 15.5. The molecule has 21 heavy (non-hydrogen) atoms. The monoisotopic (exact) mass is 289 g/mol. The quantitative estimate of drug-likeness (QED) is 0.839. The van der Waals surface area contributed by atoms with Gasteiger partial charge in [0.2, 0.25) is 0 Å². The van der Waals surface area contributed by atoms with E-state index in [0.717, 1.165) is 6.42 Å². The third-order valence-electron chi connectivity index (χ3n) is 4.09. The van der Waals surface area contributed by atoms with Gasteiger partial charge < -0.3 is 10.4 Å². The highest BCUT2D eigenvalue weighted by Gasteiger charge is 2.24. The highest BCUT2D eigenvalue weighted by atomic mass is 19.1. The van der Waals surface area contributed by atoms with Crippen LogP contribution in [0.15, 0.2) is 18.2 Å². The first-order valence-corrected chi connectivity index (χ1v) is 7.29. The Hall–Kier alpha value is -1.86. The lowest BCUT2D eigenvalue weighted by molar-refractivity contribution is 0.0944. The fourth-order valence-electron chi connectivity index (χ4n) is 2.79. The first-order chi connectivity index (χ1) is 10.1. The van der Waals surface area contributed by atoms with Crippen molar-refractivity contribution in [1.82, 2.24) is 5.32 Å². The molecule has 1 amide bonds. The number of carbonyl (C=O) groups excluding carboxylic acids is 1. The van der Waals surface area contributed by atoms with E-state index >= 15 is 0 Å². The summed E-state index contributed by atoms with van der Waals surface area (Å²) in [6, 6.07) is 3.91. The number of aliphatic hydroxyl groups excluding tert-OH is 1. The van der Waals surface area contributed by atoms with Gasteiger partial charge in [0.05, 0.1) is 5.56 Å². The average molecular weight is 289 g/mol. The van der Waals surface area contributed by atoms with Gasteiger partial charge in [-0.2, -0.15) is 0 Å². The molecule has 4 heteroatoms. The van der Waals surface area contributed by atoms with E-state index in [1.165, 1.54) is 31.0 Å². The molecule has 0 radical (unpaired) electrons. The van der Waals surface area contributed by atoms with E-state index in [9.17, 15) is 9.18 Å². The van der Waals surface area contributed by atoms with Gasteiger partial charge in [0.15, 0.2) is 0 Å². The second kappa shape index (κ2) is 7.24. The lowest BCUT2D eigenvalue weighted by Crippen LogP contribution is -2.30. The molecule has 1 aliphatic rings. The van der Waals surface area contributed by atoms with Crippen LogP contribution in [0.4, 0.5) is 4.39 Å². The molecule has 1 saturated carbocycles. The van der Waals surface area contributed by atoms with Crippen molar-refractivity contribution in [3.05, 3.63) is 35.1 Å². The van der Waals surface area contributed by atoms with Gasteiger partial charge in [-0.3, -0.25) is 4.79 Å². The molecule has 2 atom stereocenters. The summed E-state index contributed by atoms with van der Waals surface area (Å²) in [6.07, 6.45) is 3.53. The molecule has 1 aromatic carbocycles. The summed E-state index contributed by atoms with van der Waals surface area (Å²) in [7, 11) is 0. The van der Waals surface area contributed by atoms with Crippen molar-refractivity contribution in [2.24, 2.45) is 11.8 Å². The minimum Gasteiger partial charge on any atom is -0.384 e. The number of benzene rings is 1. The van der Waals surface area contributed by atoms with Gasteiger partial charge in [0.1, 0.15) is 12.4 Å². The van der Waals surface area contributed by atoms with Gasteiger partial charge in [-0.15, -0.1) is 0 Å². The van der Waals surface area contributed by atoms with Gasteiger partial charge in [-0.25, -0.2) is 4.39 Å². The number of hydrogen-bond donors (Lipinski definition) is 2. The Morgan fingerprint density at radius 3 is 2.95 bits per heavy atom. The Bertz CT molecular complexity index is 574. The summed E-state index contributed by atoms with van der Waals surface area (Å²) in [5, 5.41) is 11.6. The zero-order valence-electron chi connectivity index (χ0n) is 12.2. The summed E-state index contributed by atoms with van der Waals surface area (Å²) in [5.41, 5.74) is 0.657. The Balaban J connectivity index is 2.08. The molecule has 0 saturated heterocycles. The van der Waals surface area contributed by atoms with Gasteiger partial charge >= 0.3 is 0 Å². The van der Waals surface area contributed by atoms with Crippen LogP contribution in [0.2, 0.25) is 0 Å². The summed E-state index contributed by atoms with van der Waals surface area (Å²) < 4.78 is 13.4. The number of carbonyl (C=O) groups is 1. The SMILES string of the molecule is CC1CCCC1CNC(=O)c1cc(F)ccc1C#CCO. The third kappa shape index (κ3) is 4.05. The number of halogens is 1. The summed E-state index contributed by atoms with van der Waals surface area (Å²) >= 11 is 0. The van der Waals surface area contributed by atoms with E-state index in [-0.39, 0.29) is 18.1 Å². The molecule has 2 rings (SSSR count). The molecular formula is C17H20FNO2. The molecule has 3 nitrogen and oxygen atoms in total. The second-order valence-electron chi connectivity index (χ2n) is 5.53. The predicted molar refractivity (Wildman–Crippen MR) is 79.2 cm³/mol. The zero-order chi connectivity index (χ0) is 15.2. The van der Waals surface area contributed by atoms with Crippen LogP contribution in [0.3, 0.4) is 0 Å². The van der Waals surface area contributed by atoms with Crippen molar-refractivity contribution in [3.8, 4) is 11.8 Å². The Morgan fingerprint density at radius 2 is 2.29 bits per heavy atom. The van der Waals surface area contributed by atoms with E-state index in [1.54, 1.807) is 0 Å². The second-order valence-corrected chi connectivity index (χ2v) is 5.53. The van der Waals surface area contributed by atoms with Crippen LogP contribution in [-0.4, -0.2) is 24.2 Å². The van der Waals surface area contributed by atoms with Crippen LogP contribution >= 0.6 is 0 Å². The molecule has 112 valence electrons. The molecule has 1 aliphatic carbocycles. The topological polar surface area (TPSA) is 49.3 Å². The maximum absolute atomic E-state index is 13.4. The molecule has 0 bridgehead atoms. The number of nitrogens with one attached hydrogen (secondary N) is 1. The van der Waals surface area contributed by atoms with E-state index in [2.05, 4.69) is 24.1 Å². The average Bonchev–Trinajstić information content (AvgIpc) is 2.88. The van der Waals surface area contributed by atoms with Gasteiger partial charge in [-0.1, -0.05) is 31.6 Å². The molecule has 0 heterocycles. The lowest BCUT2D eigenvalue weighted by Gasteiger charge is -2.16. The van der Waals surface area contributed by atoms with Crippen molar-refractivity contribution < 1.29 is 14.3 Å². The molecule has 2 unspecified atom stereocenters. The van der Waals surface area contributed by atoms with Crippen molar-refractivity contribution >= 4 is 5.91 Å². The normalized spacial score (nSPS) is 20.7. The summed E-state index contributed by atoms with van der Waals surface area (Å²) in [5.74, 6) is 5.50. The highest BCUT2D eigenvalue weighted by Crippen LogP contribution is 2.30. The van der Waals surface area contributed by atoms with Crippen LogP contribution in [0.5, 0.6) is 0 Å².